The number of primary amides is 1. The van der Waals surface area contributed by atoms with Crippen molar-refractivity contribution in [2.45, 2.75) is 70.1 Å². The third-order valence-corrected chi connectivity index (χ3v) is 9.49. The number of nitrogens with zero attached hydrogens (tertiary/aromatic N) is 2. The molecule has 5 N–H and O–H groups in total. The maximum Gasteiger partial charge on any atom is 0.496 e. The number of carbonyl (C=O) groups excluding carboxylic acids is 3. The summed E-state index contributed by atoms with van der Waals surface area (Å²) in [6.45, 7) is 2.14. The van der Waals surface area contributed by atoms with Crippen LogP contribution < -0.4 is 15.8 Å². The van der Waals surface area contributed by atoms with Crippen LogP contribution in [-0.2, 0) is 27.3 Å². The summed E-state index contributed by atoms with van der Waals surface area (Å²) in [6, 6.07) is 19.6. The molecule has 11 nitrogen and oxygen atoms in total. The molecule has 0 bridgehead atoms. The number of ether oxygens (including phenoxy) is 1. The molecule has 5 rings (SSSR count). The van der Waals surface area contributed by atoms with Gasteiger partial charge in [0.25, 0.3) is 5.91 Å². The number of hydrogen-bond donors (Lipinski definition) is 4. The van der Waals surface area contributed by atoms with Crippen LogP contribution in [0.4, 0.5) is 23.7 Å². The lowest BCUT2D eigenvalue weighted by atomic mass is 9.89. The fraction of sp³-hybridized carbons (Fsp3) is 0.395. The Bertz CT molecular complexity index is 1800. The Morgan fingerprint density at radius 1 is 0.981 bits per heavy atom. The van der Waals surface area contributed by atoms with Gasteiger partial charge in [0.05, 0.1) is 19.5 Å². The molecule has 0 spiro atoms. The number of phenolic OH excluding ortho intramolecular Hbond substituents is 1. The average Bonchev–Trinajstić information content (AvgIpc) is 3.10. The summed E-state index contributed by atoms with van der Waals surface area (Å²) in [6.07, 6.45) is 1.48. The van der Waals surface area contributed by atoms with Crippen molar-refractivity contribution >= 4 is 46.9 Å². The van der Waals surface area contributed by atoms with Gasteiger partial charge in [-0.15, -0.1) is 0 Å². The van der Waals surface area contributed by atoms with E-state index in [2.05, 4.69) is 12.4 Å². The van der Waals surface area contributed by atoms with Gasteiger partial charge >= 0.3 is 24.1 Å². The number of carboxylic acids is 1. The summed E-state index contributed by atoms with van der Waals surface area (Å²) in [5.74, 6) is -3.14. The van der Waals surface area contributed by atoms with Crippen LogP contribution in [0.1, 0.15) is 56.1 Å². The highest BCUT2D eigenvalue weighted by atomic mass is 35.5. The molecule has 1 unspecified atom stereocenters. The van der Waals surface area contributed by atoms with Gasteiger partial charge in [0.1, 0.15) is 36.0 Å². The first-order chi connectivity index (χ1) is 25.0. The second kappa shape index (κ2) is 18.2. The van der Waals surface area contributed by atoms with Crippen molar-refractivity contribution in [2.24, 2.45) is 11.7 Å². The number of alkyl halides is 3. The molecule has 284 valence electrons. The Balaban J connectivity index is 0.000000815. The molecule has 1 aliphatic carbocycles. The number of likely N-dealkylation sites (tertiary alicyclic amines) is 1. The Hall–Kier alpha value is -4.95. The Morgan fingerprint density at radius 2 is 1.62 bits per heavy atom. The van der Waals surface area contributed by atoms with E-state index in [1.165, 1.54) is 4.58 Å². The zero-order chi connectivity index (χ0) is 38.8. The molecule has 53 heavy (non-hydrogen) atoms. The van der Waals surface area contributed by atoms with Crippen LogP contribution in [0.3, 0.4) is 0 Å². The molecule has 0 radical (unpaired) electrons. The number of carboxylic acid groups (broad SMARTS) is 1. The van der Waals surface area contributed by atoms with Crippen molar-refractivity contribution in [3.63, 3.8) is 0 Å². The summed E-state index contributed by atoms with van der Waals surface area (Å²) in [5, 5.41) is 20.5. The van der Waals surface area contributed by atoms with Crippen molar-refractivity contribution in [1.29, 1.82) is 0 Å². The van der Waals surface area contributed by atoms with Crippen LogP contribution in [-0.4, -0.2) is 81.2 Å². The van der Waals surface area contributed by atoms with Gasteiger partial charge < -0.3 is 25.2 Å². The molecule has 15 heteroatoms. The third-order valence-electron chi connectivity index (χ3n) is 9.25. The molecule has 0 aromatic heterocycles. The number of nitrogens with two attached hydrogens (primary N) is 1. The van der Waals surface area contributed by atoms with Gasteiger partial charge in [-0.25, -0.2) is 10.1 Å². The average molecular weight is 761 g/mol. The van der Waals surface area contributed by atoms with Crippen molar-refractivity contribution in [1.82, 2.24) is 0 Å². The Morgan fingerprint density at radius 3 is 2.21 bits per heavy atom. The molecular weight excluding hydrogens is 717 g/mol. The van der Waals surface area contributed by atoms with Gasteiger partial charge in [0.15, 0.2) is 6.04 Å². The molecular formula is C38H44ClF3N4O7+2. The first kappa shape index (κ1) is 40.8. The minimum atomic E-state index is -5.08. The first-order valence-electron chi connectivity index (χ1n) is 17.2. The highest BCUT2D eigenvalue weighted by Gasteiger charge is 2.40. The molecule has 1 saturated heterocycles. The smallest absolute Gasteiger partial charge is 0.496 e. The van der Waals surface area contributed by atoms with Gasteiger partial charge in [0.2, 0.25) is 0 Å². The van der Waals surface area contributed by atoms with Gasteiger partial charge in [-0.05, 0) is 66.9 Å². The van der Waals surface area contributed by atoms with E-state index in [0.29, 0.717) is 40.5 Å². The normalized spacial score (nSPS) is 19.2. The largest absolute Gasteiger partial charge is 0.508 e. The summed E-state index contributed by atoms with van der Waals surface area (Å²) in [7, 11) is 2.14. The lowest BCUT2D eigenvalue weighted by Crippen LogP contribution is -2.56. The molecule has 2 aliphatic rings. The number of benzene rings is 3. The van der Waals surface area contributed by atoms with E-state index in [0.717, 1.165) is 61.9 Å². The van der Waals surface area contributed by atoms with Crippen LogP contribution in [0.2, 0.25) is 5.02 Å². The number of aromatic hydroxyl groups is 1. The molecule has 1 aliphatic heterocycles. The van der Waals surface area contributed by atoms with E-state index in [-0.39, 0.29) is 24.1 Å². The quantitative estimate of drug-likeness (QED) is 0.0819. The van der Waals surface area contributed by atoms with Gasteiger partial charge in [-0.1, -0.05) is 55.1 Å². The molecule has 1 heterocycles. The van der Waals surface area contributed by atoms with Crippen molar-refractivity contribution in [3.05, 3.63) is 88.9 Å². The minimum Gasteiger partial charge on any atom is -0.508 e. The summed E-state index contributed by atoms with van der Waals surface area (Å²) >= 11 is 6.27. The molecule has 3 aromatic carbocycles. The summed E-state index contributed by atoms with van der Waals surface area (Å²) in [4.78, 5) is 48.7. The fourth-order valence-electron chi connectivity index (χ4n) is 6.68. The number of amides is 3. The lowest BCUT2D eigenvalue weighted by molar-refractivity contribution is -0.918. The van der Waals surface area contributed by atoms with E-state index < -0.39 is 30.1 Å². The maximum absolute atomic E-state index is 14.1. The number of piperidine rings is 1. The summed E-state index contributed by atoms with van der Waals surface area (Å²) in [5.41, 5.74) is 9.15. The van der Waals surface area contributed by atoms with Crippen molar-refractivity contribution < 1.29 is 56.4 Å². The van der Waals surface area contributed by atoms with Gasteiger partial charge in [-0.2, -0.15) is 22.5 Å². The van der Waals surface area contributed by atoms with Crippen molar-refractivity contribution in [2.75, 3.05) is 25.5 Å². The zero-order valence-electron chi connectivity index (χ0n) is 29.3. The standard InChI is InChI=1S/C36H41ClN4O5.C2HF3O2/c1-41(23-26-7-5-10-28(37)21-26)20-6-11-30(24-41)40(33(34(38)43)22-25-12-16-31(42)17-13-25)36(45)39-29-14-18-32(19-15-29)46-35(44)27-8-3-2-4-9-27;3-2(4,5)1(6)7/h5,7,10,12-19,21,27,33H,2-4,6,8-9,11,20,22-24H2,1H3,(H2-2,38,39,42,43,45);(H,6,7)/p+2/b40-30+;/t33-,41?;/m0./s1. The SMILES string of the molecule is C[N+]1(Cc2cccc(Cl)c2)CCC/C(=[N+](\C(=O)Nc2ccc(OC(=O)C3CCCCC3)cc2)[C@@H](Cc2ccc(O)cc2)C(N)=O)C1.O=C(O)C(F)(F)F. The third kappa shape index (κ3) is 12.3. The van der Waals surface area contributed by atoms with Crippen LogP contribution >= 0.6 is 11.6 Å². The monoisotopic (exact) mass is 760 g/mol. The zero-order valence-corrected chi connectivity index (χ0v) is 30.0. The van der Waals surface area contributed by atoms with Crippen LogP contribution in [0.25, 0.3) is 0 Å². The predicted octanol–water partition coefficient (Wildman–Crippen LogP) is 6.69. The number of urea groups is 1. The number of carbonyl (C=O) groups is 4. The number of esters is 1. The summed E-state index contributed by atoms with van der Waals surface area (Å²) < 4.78 is 39.5. The lowest BCUT2D eigenvalue weighted by Gasteiger charge is -2.38. The Kier molecular flexibility index (Phi) is 14.0. The number of phenols is 1. The van der Waals surface area contributed by atoms with E-state index in [4.69, 9.17) is 32.0 Å². The Labute approximate surface area is 310 Å². The van der Waals surface area contributed by atoms with Crippen LogP contribution in [0.15, 0.2) is 72.8 Å². The number of rotatable bonds is 9. The highest BCUT2D eigenvalue weighted by molar-refractivity contribution is 6.30. The second-order valence-electron chi connectivity index (χ2n) is 13.6. The van der Waals surface area contributed by atoms with Crippen LogP contribution in [0.5, 0.6) is 11.5 Å². The number of quaternary nitrogens is 1. The predicted molar refractivity (Wildman–Crippen MR) is 192 cm³/mol. The number of hydrogen-bond acceptors (Lipinski definition) is 6. The van der Waals surface area contributed by atoms with Gasteiger partial charge in [0, 0.05) is 29.8 Å². The molecule has 1 saturated carbocycles. The number of anilines is 1. The molecule has 3 amide bonds. The molecule has 3 aromatic rings. The number of halogens is 4. The second-order valence-corrected chi connectivity index (χ2v) is 14.1. The highest BCUT2D eigenvalue weighted by Crippen LogP contribution is 2.27. The molecule has 2 atom stereocenters. The maximum atomic E-state index is 14.1. The fourth-order valence-corrected chi connectivity index (χ4v) is 6.89. The van der Waals surface area contributed by atoms with Crippen molar-refractivity contribution in [3.8, 4) is 11.5 Å². The first-order valence-corrected chi connectivity index (χ1v) is 17.6. The number of aliphatic carboxylic acids is 1. The van der Waals surface area contributed by atoms with E-state index in [9.17, 15) is 32.7 Å². The van der Waals surface area contributed by atoms with E-state index in [1.54, 1.807) is 48.5 Å². The topological polar surface area (TPSA) is 159 Å². The van der Waals surface area contributed by atoms with Gasteiger partial charge in [-0.3, -0.25) is 9.59 Å². The van der Waals surface area contributed by atoms with Crippen LogP contribution in [0, 0.1) is 5.92 Å². The molecule has 2 fully saturated rings. The van der Waals surface area contributed by atoms with E-state index >= 15 is 0 Å². The number of nitrogens with one attached hydrogen (secondary N) is 1. The minimum absolute atomic E-state index is 0.0727. The van der Waals surface area contributed by atoms with E-state index in [1.807, 2.05) is 24.3 Å².